The molecule has 0 aliphatic rings. The van der Waals surface area contributed by atoms with Crippen LogP contribution in [0.2, 0.25) is 0 Å². The van der Waals surface area contributed by atoms with Gasteiger partial charge in [-0.15, -0.1) is 0 Å². The molecular weight excluding hydrogens is 198 g/mol. The summed E-state index contributed by atoms with van der Waals surface area (Å²) in [5.74, 6) is 0.299. The maximum atomic E-state index is 10.4. The van der Waals surface area contributed by atoms with E-state index in [0.717, 1.165) is 0 Å². The fourth-order valence-corrected chi connectivity index (χ4v) is 1.08. The number of benzene rings is 1. The highest BCUT2D eigenvalue weighted by molar-refractivity contribution is 5.56. The minimum atomic E-state index is -0.473. The molecule has 0 aliphatic heterocycles. The Hall–Kier alpha value is -2.04. The van der Waals surface area contributed by atoms with Gasteiger partial charge >= 0.3 is 0 Å². The van der Waals surface area contributed by atoms with Crippen LogP contribution >= 0.6 is 0 Å². The quantitative estimate of drug-likeness (QED) is 0.610. The van der Waals surface area contributed by atoms with Crippen LogP contribution in [-0.4, -0.2) is 17.1 Å². The fraction of sp³-hybridized carbons (Fsp3) is 0.200. The van der Waals surface area contributed by atoms with E-state index in [4.69, 9.17) is 4.74 Å². The van der Waals surface area contributed by atoms with Crippen LogP contribution in [0.4, 0.5) is 0 Å². The normalized spacial score (nSPS) is 11.2. The summed E-state index contributed by atoms with van der Waals surface area (Å²) in [5, 5.41) is 19.7. The monoisotopic (exact) mass is 209 g/mol. The van der Waals surface area contributed by atoms with E-state index in [0.29, 0.717) is 11.3 Å². The largest absolute Gasteiger partial charge is 0.504 e. The van der Waals surface area contributed by atoms with Gasteiger partial charge in [0.25, 0.3) is 0 Å². The van der Waals surface area contributed by atoms with Crippen LogP contribution in [0.15, 0.2) is 23.9 Å². The summed E-state index contributed by atoms with van der Waals surface area (Å²) >= 11 is 0. The smallest absolute Gasteiger partial charge is 0.243 e. The summed E-state index contributed by atoms with van der Waals surface area (Å²) in [4.78, 5) is 9.91. The van der Waals surface area contributed by atoms with Crippen molar-refractivity contribution < 1.29 is 14.8 Å². The highest BCUT2D eigenvalue weighted by atomic mass is 16.6. The third kappa shape index (κ3) is 2.70. The van der Waals surface area contributed by atoms with Gasteiger partial charge in [-0.1, -0.05) is 6.07 Å². The maximum absolute atomic E-state index is 10.4. The summed E-state index contributed by atoms with van der Waals surface area (Å²) in [7, 11) is 1.42. The van der Waals surface area contributed by atoms with Crippen LogP contribution in [0.25, 0.3) is 6.08 Å². The number of phenols is 1. The Morgan fingerprint density at radius 1 is 1.60 bits per heavy atom. The molecule has 80 valence electrons. The predicted molar refractivity (Wildman–Crippen MR) is 55.3 cm³/mol. The third-order valence-electron chi connectivity index (χ3n) is 1.87. The number of ether oxygens (including phenoxy) is 1. The van der Waals surface area contributed by atoms with Crippen LogP contribution in [0.5, 0.6) is 11.5 Å². The van der Waals surface area contributed by atoms with Gasteiger partial charge in [0.15, 0.2) is 11.5 Å². The molecule has 0 aliphatic carbocycles. The molecule has 0 amide bonds. The molecule has 5 nitrogen and oxygen atoms in total. The first-order chi connectivity index (χ1) is 7.04. The van der Waals surface area contributed by atoms with Gasteiger partial charge in [-0.05, 0) is 17.7 Å². The Labute approximate surface area is 86.8 Å². The van der Waals surface area contributed by atoms with Crippen LogP contribution in [-0.2, 0) is 0 Å². The molecule has 5 heteroatoms. The van der Waals surface area contributed by atoms with E-state index < -0.39 is 4.92 Å². The van der Waals surface area contributed by atoms with Crippen molar-refractivity contribution in [2.75, 3.05) is 7.11 Å². The number of aromatic hydroxyl groups is 1. The van der Waals surface area contributed by atoms with Gasteiger partial charge in [0.2, 0.25) is 5.70 Å². The number of methoxy groups -OCH3 is 1. The molecule has 0 heterocycles. The molecule has 1 aromatic rings. The van der Waals surface area contributed by atoms with Crippen molar-refractivity contribution in [2.24, 2.45) is 0 Å². The molecule has 0 saturated heterocycles. The maximum Gasteiger partial charge on any atom is 0.243 e. The van der Waals surface area contributed by atoms with Crippen LogP contribution < -0.4 is 4.74 Å². The minimum Gasteiger partial charge on any atom is -0.504 e. The second-order valence-electron chi connectivity index (χ2n) is 2.97. The number of allylic oxidation sites excluding steroid dienone is 1. The van der Waals surface area contributed by atoms with Crippen molar-refractivity contribution in [3.63, 3.8) is 0 Å². The molecule has 0 radical (unpaired) electrons. The SMILES string of the molecule is COc1cc(C=C(C)[N+](=O)[O-])ccc1O. The van der Waals surface area contributed by atoms with Crippen molar-refractivity contribution >= 4 is 6.08 Å². The third-order valence-corrected chi connectivity index (χ3v) is 1.87. The van der Waals surface area contributed by atoms with Gasteiger partial charge in [0.05, 0.1) is 12.0 Å². The average molecular weight is 209 g/mol. The number of nitrogens with zero attached hydrogens (tertiary/aromatic N) is 1. The zero-order chi connectivity index (χ0) is 11.4. The highest BCUT2D eigenvalue weighted by Crippen LogP contribution is 2.27. The van der Waals surface area contributed by atoms with Gasteiger partial charge in [0.1, 0.15) is 0 Å². The summed E-state index contributed by atoms with van der Waals surface area (Å²) in [6.45, 7) is 1.40. The second-order valence-corrected chi connectivity index (χ2v) is 2.97. The number of hydrogen-bond donors (Lipinski definition) is 1. The Balaban J connectivity index is 3.07. The zero-order valence-electron chi connectivity index (χ0n) is 8.43. The Kier molecular flexibility index (Phi) is 3.28. The second kappa shape index (κ2) is 4.45. The lowest BCUT2D eigenvalue weighted by Crippen LogP contribution is -1.93. The molecule has 0 saturated carbocycles. The van der Waals surface area contributed by atoms with Gasteiger partial charge in [0, 0.05) is 13.0 Å². The van der Waals surface area contributed by atoms with Crippen molar-refractivity contribution in [1.29, 1.82) is 0 Å². The van der Waals surface area contributed by atoms with E-state index in [9.17, 15) is 15.2 Å². The van der Waals surface area contributed by atoms with E-state index in [1.807, 2.05) is 0 Å². The summed E-state index contributed by atoms with van der Waals surface area (Å²) in [6, 6.07) is 4.53. The standard InChI is InChI=1S/C10H11NO4/c1-7(11(13)14)5-8-3-4-9(12)10(6-8)15-2/h3-6,12H,1-2H3. The molecule has 1 rings (SSSR count). The van der Waals surface area contributed by atoms with Gasteiger partial charge in [-0.3, -0.25) is 10.1 Å². The lowest BCUT2D eigenvalue weighted by atomic mass is 10.2. The average Bonchev–Trinajstić information content (AvgIpc) is 2.20. The Morgan fingerprint density at radius 2 is 2.27 bits per heavy atom. The molecule has 0 unspecified atom stereocenters. The van der Waals surface area contributed by atoms with Crippen molar-refractivity contribution in [3.05, 3.63) is 39.6 Å². The summed E-state index contributed by atoms with van der Waals surface area (Å²) in [5.41, 5.74) is 0.640. The van der Waals surface area contributed by atoms with Gasteiger partial charge in [-0.2, -0.15) is 0 Å². The molecule has 0 bridgehead atoms. The molecule has 0 fully saturated rings. The Bertz CT molecular complexity index is 412. The van der Waals surface area contributed by atoms with E-state index in [-0.39, 0.29) is 11.4 Å². The lowest BCUT2D eigenvalue weighted by molar-refractivity contribution is -0.422. The fourth-order valence-electron chi connectivity index (χ4n) is 1.08. The molecule has 1 aromatic carbocycles. The first kappa shape index (κ1) is 11.0. The van der Waals surface area contributed by atoms with Crippen LogP contribution in [0, 0.1) is 10.1 Å². The molecule has 0 atom stereocenters. The predicted octanol–water partition coefficient (Wildman–Crippen LogP) is 2.04. The summed E-state index contributed by atoms with van der Waals surface area (Å²) in [6.07, 6.45) is 1.40. The first-order valence-electron chi connectivity index (χ1n) is 4.24. The number of nitro groups is 1. The Morgan fingerprint density at radius 3 is 2.80 bits per heavy atom. The van der Waals surface area contributed by atoms with E-state index in [2.05, 4.69) is 0 Å². The topological polar surface area (TPSA) is 72.6 Å². The number of hydrogen-bond acceptors (Lipinski definition) is 4. The zero-order valence-corrected chi connectivity index (χ0v) is 8.43. The minimum absolute atomic E-state index is 0.00778. The van der Waals surface area contributed by atoms with Crippen molar-refractivity contribution in [2.45, 2.75) is 6.92 Å². The van der Waals surface area contributed by atoms with Crippen LogP contribution in [0.1, 0.15) is 12.5 Å². The molecule has 1 N–H and O–H groups in total. The summed E-state index contributed by atoms with van der Waals surface area (Å²) < 4.78 is 4.88. The van der Waals surface area contributed by atoms with Crippen LogP contribution in [0.3, 0.4) is 0 Å². The van der Waals surface area contributed by atoms with E-state index in [1.165, 1.54) is 32.2 Å². The number of phenolic OH excluding ortho intramolecular Hbond substituents is 1. The van der Waals surface area contributed by atoms with Gasteiger partial charge < -0.3 is 9.84 Å². The van der Waals surface area contributed by atoms with E-state index >= 15 is 0 Å². The van der Waals surface area contributed by atoms with Crippen molar-refractivity contribution in [1.82, 2.24) is 0 Å². The van der Waals surface area contributed by atoms with Crippen molar-refractivity contribution in [3.8, 4) is 11.5 Å². The highest BCUT2D eigenvalue weighted by Gasteiger charge is 2.05. The molecule has 0 spiro atoms. The molecular formula is C10H11NO4. The number of rotatable bonds is 3. The lowest BCUT2D eigenvalue weighted by Gasteiger charge is -2.03. The van der Waals surface area contributed by atoms with E-state index in [1.54, 1.807) is 6.07 Å². The van der Waals surface area contributed by atoms with Gasteiger partial charge in [-0.25, -0.2) is 0 Å². The first-order valence-corrected chi connectivity index (χ1v) is 4.24. The molecule has 0 aromatic heterocycles. The molecule has 15 heavy (non-hydrogen) atoms.